The minimum absolute atomic E-state index is 0.0376. The van der Waals surface area contributed by atoms with Crippen molar-refractivity contribution in [2.75, 3.05) is 27.9 Å². The van der Waals surface area contributed by atoms with Crippen LogP contribution in [0.3, 0.4) is 0 Å². The summed E-state index contributed by atoms with van der Waals surface area (Å²) in [6.07, 6.45) is 4.36. The molecule has 1 saturated carbocycles. The number of hydrogen-bond acceptors (Lipinski definition) is 5. The average Bonchev–Trinajstić information content (AvgIpc) is 2.71. The van der Waals surface area contributed by atoms with Crippen LogP contribution in [0.25, 0.3) is 0 Å². The molecule has 2 aliphatic rings. The van der Waals surface area contributed by atoms with E-state index in [9.17, 15) is 4.79 Å². The van der Waals surface area contributed by atoms with E-state index in [0.717, 1.165) is 36.3 Å². The zero-order chi connectivity index (χ0) is 21.0. The Kier molecular flexibility index (Phi) is 7.06. The molecule has 0 bridgehead atoms. The molecule has 1 aromatic carbocycles. The normalized spacial score (nSPS) is 31.6. The fraction of sp³-hybridized carbons (Fsp3) is 0.696. The number of rotatable bonds is 7. The number of carbonyl (C=O) groups excluding carboxylic acids is 1. The van der Waals surface area contributed by atoms with Gasteiger partial charge >= 0.3 is 0 Å². The van der Waals surface area contributed by atoms with Gasteiger partial charge in [-0.3, -0.25) is 4.79 Å². The van der Waals surface area contributed by atoms with E-state index in [2.05, 4.69) is 19.2 Å². The highest BCUT2D eigenvalue weighted by Crippen LogP contribution is 2.48. The number of benzene rings is 1. The van der Waals surface area contributed by atoms with Gasteiger partial charge in [-0.2, -0.15) is 0 Å². The maximum absolute atomic E-state index is 12.6. The maximum atomic E-state index is 12.6. The quantitative estimate of drug-likeness (QED) is 0.746. The van der Waals surface area contributed by atoms with E-state index in [4.69, 9.17) is 18.9 Å². The molecule has 1 N–H and O–H groups in total. The number of ether oxygens (including phenoxy) is 4. The van der Waals surface area contributed by atoms with Crippen LogP contribution in [0, 0.1) is 11.8 Å². The molecule has 6 heteroatoms. The predicted molar refractivity (Wildman–Crippen MR) is 111 cm³/mol. The van der Waals surface area contributed by atoms with Gasteiger partial charge in [0.1, 0.15) is 11.5 Å². The highest BCUT2D eigenvalue weighted by atomic mass is 16.5. The van der Waals surface area contributed by atoms with E-state index in [1.165, 1.54) is 6.42 Å². The first-order chi connectivity index (χ1) is 13.9. The van der Waals surface area contributed by atoms with Gasteiger partial charge in [-0.15, -0.1) is 0 Å². The van der Waals surface area contributed by atoms with Crippen molar-refractivity contribution in [1.29, 1.82) is 0 Å². The Hall–Kier alpha value is -1.79. The molecule has 0 spiro atoms. The summed E-state index contributed by atoms with van der Waals surface area (Å²) in [5, 5.41) is 3.34. The summed E-state index contributed by atoms with van der Waals surface area (Å²) in [5.74, 6) is 2.47. The Morgan fingerprint density at radius 2 is 1.86 bits per heavy atom. The van der Waals surface area contributed by atoms with Crippen molar-refractivity contribution in [1.82, 2.24) is 5.32 Å². The lowest BCUT2D eigenvalue weighted by Gasteiger charge is -2.52. The highest BCUT2D eigenvalue weighted by Gasteiger charge is 2.49. The van der Waals surface area contributed by atoms with Crippen molar-refractivity contribution < 1.29 is 23.7 Å². The Balaban J connectivity index is 1.89. The Labute approximate surface area is 174 Å². The second-order valence-electron chi connectivity index (χ2n) is 8.75. The van der Waals surface area contributed by atoms with E-state index in [-0.39, 0.29) is 23.7 Å². The van der Waals surface area contributed by atoms with Crippen LogP contribution < -0.4 is 14.8 Å². The van der Waals surface area contributed by atoms with Gasteiger partial charge in [0.05, 0.1) is 33.0 Å². The number of carbonyl (C=O) groups is 1. The molecule has 5 atom stereocenters. The highest BCUT2D eigenvalue weighted by molar-refractivity contribution is 5.77. The van der Waals surface area contributed by atoms with E-state index < -0.39 is 0 Å². The Morgan fingerprint density at radius 1 is 1.17 bits per heavy atom. The summed E-state index contributed by atoms with van der Waals surface area (Å²) in [7, 11) is 4.92. The minimum Gasteiger partial charge on any atom is -0.497 e. The zero-order valence-corrected chi connectivity index (χ0v) is 18.3. The molecule has 0 aromatic heterocycles. The second-order valence-corrected chi connectivity index (χ2v) is 8.75. The third-order valence-corrected chi connectivity index (χ3v) is 6.52. The fourth-order valence-corrected chi connectivity index (χ4v) is 4.93. The predicted octanol–water partition coefficient (Wildman–Crippen LogP) is 3.88. The second kappa shape index (κ2) is 9.35. The fourth-order valence-electron chi connectivity index (χ4n) is 4.93. The van der Waals surface area contributed by atoms with Crippen LogP contribution in [0.15, 0.2) is 18.2 Å². The summed E-state index contributed by atoms with van der Waals surface area (Å²) in [5.41, 5.74) is 0.699. The van der Waals surface area contributed by atoms with Crippen LogP contribution in [-0.2, 0) is 14.3 Å². The number of fused-ring (bicyclic) bond motifs is 1. The number of hydrogen-bond donors (Lipinski definition) is 1. The standard InChI is InChI=1S/C23H35NO5/c1-15-6-7-19-20(10-15)29-21(14-23(19,2)24-22(25)8-9-26-3)16-11-17(27-4)13-18(12-16)28-5/h11-13,15,19-21H,6-10,14H2,1-5H3,(H,24,25)/t15-,19-,20-,21-,23-/m1/s1. The number of amides is 1. The molecule has 1 aliphatic heterocycles. The van der Waals surface area contributed by atoms with Gasteiger partial charge in [-0.1, -0.05) is 13.3 Å². The lowest BCUT2D eigenvalue weighted by Crippen LogP contribution is -2.60. The first-order valence-electron chi connectivity index (χ1n) is 10.6. The first kappa shape index (κ1) is 21.9. The van der Waals surface area contributed by atoms with Crippen molar-refractivity contribution in [2.24, 2.45) is 11.8 Å². The maximum Gasteiger partial charge on any atom is 0.222 e. The van der Waals surface area contributed by atoms with Crippen LogP contribution in [0.5, 0.6) is 11.5 Å². The smallest absolute Gasteiger partial charge is 0.222 e. The first-order valence-corrected chi connectivity index (χ1v) is 10.6. The van der Waals surface area contributed by atoms with E-state index >= 15 is 0 Å². The molecule has 6 nitrogen and oxygen atoms in total. The summed E-state index contributed by atoms with van der Waals surface area (Å²) < 4.78 is 22.6. The third-order valence-electron chi connectivity index (χ3n) is 6.52. The third kappa shape index (κ3) is 5.04. The largest absolute Gasteiger partial charge is 0.497 e. The van der Waals surface area contributed by atoms with Gasteiger partial charge in [0.15, 0.2) is 0 Å². The molecule has 0 unspecified atom stereocenters. The van der Waals surface area contributed by atoms with Gasteiger partial charge in [0.25, 0.3) is 0 Å². The number of methoxy groups -OCH3 is 3. The van der Waals surface area contributed by atoms with Crippen LogP contribution in [0.2, 0.25) is 0 Å². The van der Waals surface area contributed by atoms with Gasteiger partial charge in [-0.25, -0.2) is 0 Å². The van der Waals surface area contributed by atoms with Gasteiger partial charge < -0.3 is 24.3 Å². The molecule has 1 aliphatic carbocycles. The van der Waals surface area contributed by atoms with Crippen molar-refractivity contribution in [3.63, 3.8) is 0 Å². The van der Waals surface area contributed by atoms with Crippen LogP contribution in [0.1, 0.15) is 57.6 Å². The molecule has 1 saturated heterocycles. The molecule has 1 aromatic rings. The molecule has 1 heterocycles. The number of nitrogens with one attached hydrogen (secondary N) is 1. The molecule has 3 rings (SSSR count). The van der Waals surface area contributed by atoms with Gasteiger partial charge in [0.2, 0.25) is 5.91 Å². The van der Waals surface area contributed by atoms with Crippen molar-refractivity contribution >= 4 is 5.91 Å². The molecule has 0 radical (unpaired) electrons. The summed E-state index contributed by atoms with van der Waals surface area (Å²) >= 11 is 0. The van der Waals surface area contributed by atoms with Crippen molar-refractivity contribution in [2.45, 2.75) is 63.7 Å². The van der Waals surface area contributed by atoms with Gasteiger partial charge in [-0.05, 0) is 43.4 Å². The Morgan fingerprint density at radius 3 is 2.48 bits per heavy atom. The van der Waals surface area contributed by atoms with E-state index in [0.29, 0.717) is 24.9 Å². The SMILES string of the molecule is COCCC(=O)N[C@]1(C)C[C@H](c2cc(OC)cc(OC)c2)O[C@@H]2C[C@H](C)CC[C@H]21. The monoisotopic (exact) mass is 405 g/mol. The molecular formula is C23H35NO5. The van der Waals surface area contributed by atoms with Gasteiger partial charge in [0, 0.05) is 37.5 Å². The van der Waals surface area contributed by atoms with Crippen molar-refractivity contribution in [3.8, 4) is 11.5 Å². The van der Waals surface area contributed by atoms with Crippen molar-refractivity contribution in [3.05, 3.63) is 23.8 Å². The summed E-state index contributed by atoms with van der Waals surface area (Å²) in [4.78, 5) is 12.6. The lowest BCUT2D eigenvalue weighted by molar-refractivity contribution is -0.154. The molecule has 29 heavy (non-hydrogen) atoms. The molecule has 2 fully saturated rings. The molecular weight excluding hydrogens is 370 g/mol. The molecule has 1 amide bonds. The van der Waals surface area contributed by atoms with Crippen LogP contribution >= 0.6 is 0 Å². The van der Waals surface area contributed by atoms with Crippen LogP contribution in [-0.4, -0.2) is 45.5 Å². The summed E-state index contributed by atoms with van der Waals surface area (Å²) in [6, 6.07) is 5.88. The van der Waals surface area contributed by atoms with Crippen LogP contribution in [0.4, 0.5) is 0 Å². The Bertz CT molecular complexity index is 686. The minimum atomic E-state index is -0.325. The lowest BCUT2D eigenvalue weighted by atomic mass is 9.66. The van der Waals surface area contributed by atoms with E-state index in [1.807, 2.05) is 18.2 Å². The zero-order valence-electron chi connectivity index (χ0n) is 18.3. The topological polar surface area (TPSA) is 66.0 Å². The van der Waals surface area contributed by atoms with E-state index in [1.54, 1.807) is 21.3 Å². The average molecular weight is 406 g/mol. The summed E-state index contributed by atoms with van der Waals surface area (Å²) in [6.45, 7) is 4.89. The molecule has 162 valence electrons.